The molecule has 0 atom stereocenters. The zero-order valence-electron chi connectivity index (χ0n) is 13.3. The van der Waals surface area contributed by atoms with Crippen molar-refractivity contribution in [3.05, 3.63) is 71.8 Å². The van der Waals surface area contributed by atoms with Crippen LogP contribution in [0.5, 0.6) is 11.5 Å². The van der Waals surface area contributed by atoms with E-state index in [1.807, 2.05) is 38.1 Å². The number of aryl methyl sites for hydroxylation is 2. The summed E-state index contributed by atoms with van der Waals surface area (Å²) >= 11 is 0. The molecule has 2 aromatic carbocycles. The molecule has 0 aliphatic heterocycles. The van der Waals surface area contributed by atoms with Gasteiger partial charge >= 0.3 is 0 Å². The van der Waals surface area contributed by atoms with E-state index in [-0.39, 0.29) is 0 Å². The van der Waals surface area contributed by atoms with Crippen LogP contribution in [0, 0.1) is 13.8 Å². The van der Waals surface area contributed by atoms with Crippen LogP contribution in [0.25, 0.3) is 11.1 Å². The number of allylic oxidation sites excluding steroid dienone is 2. The molecule has 0 saturated heterocycles. The summed E-state index contributed by atoms with van der Waals surface area (Å²) in [6, 6.07) is 12.3. The van der Waals surface area contributed by atoms with Gasteiger partial charge in [-0.1, -0.05) is 36.4 Å². The number of hydrogen-bond acceptors (Lipinski definition) is 1. The van der Waals surface area contributed by atoms with Crippen LogP contribution in [0.2, 0.25) is 0 Å². The van der Waals surface area contributed by atoms with Gasteiger partial charge in [-0.25, -0.2) is 0 Å². The highest BCUT2D eigenvalue weighted by Crippen LogP contribution is 2.30. The molecule has 0 radical (unpaired) electrons. The summed E-state index contributed by atoms with van der Waals surface area (Å²) < 4.78 is 6.05. The van der Waals surface area contributed by atoms with Gasteiger partial charge in [0.05, 0.1) is 0 Å². The summed E-state index contributed by atoms with van der Waals surface area (Å²) in [5.74, 6) is 1.76. The zero-order valence-corrected chi connectivity index (χ0v) is 13.3. The summed E-state index contributed by atoms with van der Waals surface area (Å²) in [6.07, 6.45) is 0. The van der Waals surface area contributed by atoms with Crippen LogP contribution in [-0.2, 0) is 0 Å². The van der Waals surface area contributed by atoms with Crippen molar-refractivity contribution in [3.63, 3.8) is 0 Å². The second-order valence-corrected chi connectivity index (χ2v) is 5.62. The van der Waals surface area contributed by atoms with Crippen LogP contribution < -0.4 is 4.74 Å². The van der Waals surface area contributed by atoms with Crippen molar-refractivity contribution in [1.82, 2.24) is 0 Å². The van der Waals surface area contributed by atoms with Crippen LogP contribution in [0.4, 0.5) is 0 Å². The minimum absolute atomic E-state index is 0.881. The predicted octanol–water partition coefficient (Wildman–Crippen LogP) is 6.16. The molecule has 108 valence electrons. The number of benzene rings is 2. The van der Waals surface area contributed by atoms with Crippen LogP contribution in [0.3, 0.4) is 0 Å². The van der Waals surface area contributed by atoms with Gasteiger partial charge in [-0.15, -0.1) is 0 Å². The SMILES string of the molecule is C=C(C)c1ccc(Oc2ccc(C(=C)C)cc2C)c(C)c1. The molecule has 2 rings (SSSR count). The average Bonchev–Trinajstić information content (AvgIpc) is 2.42. The number of rotatable bonds is 4. The van der Waals surface area contributed by atoms with Crippen LogP contribution in [0.15, 0.2) is 49.6 Å². The molecule has 21 heavy (non-hydrogen) atoms. The van der Waals surface area contributed by atoms with Crippen molar-refractivity contribution >= 4 is 11.1 Å². The first kappa shape index (κ1) is 15.1. The quantitative estimate of drug-likeness (QED) is 0.650. The topological polar surface area (TPSA) is 9.23 Å². The third-order valence-electron chi connectivity index (χ3n) is 3.56. The van der Waals surface area contributed by atoms with Gasteiger partial charge < -0.3 is 4.74 Å². The number of hydrogen-bond donors (Lipinski definition) is 0. The van der Waals surface area contributed by atoms with Crippen molar-refractivity contribution in [3.8, 4) is 11.5 Å². The van der Waals surface area contributed by atoms with E-state index in [4.69, 9.17) is 4.74 Å². The largest absolute Gasteiger partial charge is 0.457 e. The highest BCUT2D eigenvalue weighted by molar-refractivity contribution is 5.64. The van der Waals surface area contributed by atoms with Gasteiger partial charge in [-0.2, -0.15) is 0 Å². The third-order valence-corrected chi connectivity index (χ3v) is 3.56. The lowest BCUT2D eigenvalue weighted by Gasteiger charge is -2.13. The van der Waals surface area contributed by atoms with Crippen LogP contribution >= 0.6 is 0 Å². The van der Waals surface area contributed by atoms with Gasteiger partial charge in [0.2, 0.25) is 0 Å². The van der Waals surface area contributed by atoms with E-state index in [0.29, 0.717) is 0 Å². The Hall–Kier alpha value is -2.28. The molecule has 2 aromatic rings. The monoisotopic (exact) mass is 278 g/mol. The molecule has 0 aliphatic rings. The van der Waals surface area contributed by atoms with Gasteiger partial charge in [0.15, 0.2) is 0 Å². The molecule has 0 saturated carbocycles. The first-order valence-electron chi connectivity index (χ1n) is 7.09. The fourth-order valence-corrected chi connectivity index (χ4v) is 2.18. The molecule has 0 unspecified atom stereocenters. The Balaban J connectivity index is 2.30. The van der Waals surface area contributed by atoms with Gasteiger partial charge in [0.25, 0.3) is 0 Å². The lowest BCUT2D eigenvalue weighted by atomic mass is 10.0. The van der Waals surface area contributed by atoms with E-state index in [9.17, 15) is 0 Å². The lowest BCUT2D eigenvalue weighted by molar-refractivity contribution is 0.475. The molecule has 0 aromatic heterocycles. The minimum Gasteiger partial charge on any atom is -0.457 e. The van der Waals surface area contributed by atoms with E-state index >= 15 is 0 Å². The molecule has 1 heteroatoms. The van der Waals surface area contributed by atoms with Gasteiger partial charge in [0.1, 0.15) is 11.5 Å². The standard InChI is InChI=1S/C20H22O/c1-13(2)17-7-9-19(15(5)11-17)21-20-10-8-18(14(3)4)12-16(20)6/h7-12H,1,3H2,2,4-6H3. The summed E-state index contributed by atoms with van der Waals surface area (Å²) in [5, 5.41) is 0. The van der Waals surface area contributed by atoms with Crippen LogP contribution in [-0.4, -0.2) is 0 Å². The molecule has 1 nitrogen and oxygen atoms in total. The Morgan fingerprint density at radius 1 is 0.762 bits per heavy atom. The van der Waals surface area contributed by atoms with E-state index in [1.54, 1.807) is 0 Å². The second-order valence-electron chi connectivity index (χ2n) is 5.62. The normalized spacial score (nSPS) is 10.3. The van der Waals surface area contributed by atoms with Gasteiger partial charge in [-0.05, 0) is 74.2 Å². The molecule has 0 heterocycles. The maximum Gasteiger partial charge on any atom is 0.130 e. The summed E-state index contributed by atoms with van der Waals surface area (Å²) in [4.78, 5) is 0. The Morgan fingerprint density at radius 2 is 1.14 bits per heavy atom. The van der Waals surface area contributed by atoms with Crippen molar-refractivity contribution in [1.29, 1.82) is 0 Å². The Labute approximate surface area is 127 Å². The maximum absolute atomic E-state index is 6.05. The molecule has 0 bridgehead atoms. The average molecular weight is 278 g/mol. The third kappa shape index (κ3) is 3.43. The highest BCUT2D eigenvalue weighted by atomic mass is 16.5. The fraction of sp³-hybridized carbons (Fsp3) is 0.200. The van der Waals surface area contributed by atoms with Gasteiger partial charge in [0, 0.05) is 0 Å². The molecule has 0 N–H and O–H groups in total. The Bertz CT molecular complexity index is 646. The molecule has 0 spiro atoms. The predicted molar refractivity (Wildman–Crippen MR) is 91.8 cm³/mol. The summed E-state index contributed by atoms with van der Waals surface area (Å²) in [5.41, 5.74) is 6.64. The Kier molecular flexibility index (Phi) is 4.32. The van der Waals surface area contributed by atoms with Crippen molar-refractivity contribution in [2.45, 2.75) is 27.7 Å². The van der Waals surface area contributed by atoms with Crippen molar-refractivity contribution in [2.75, 3.05) is 0 Å². The first-order valence-corrected chi connectivity index (χ1v) is 7.09. The fourth-order valence-electron chi connectivity index (χ4n) is 2.18. The smallest absolute Gasteiger partial charge is 0.130 e. The molecule has 0 amide bonds. The van der Waals surface area contributed by atoms with Crippen molar-refractivity contribution < 1.29 is 4.74 Å². The minimum atomic E-state index is 0.881. The van der Waals surface area contributed by atoms with E-state index in [2.05, 4.69) is 39.1 Å². The Morgan fingerprint density at radius 3 is 1.43 bits per heavy atom. The van der Waals surface area contributed by atoms with Gasteiger partial charge in [-0.3, -0.25) is 0 Å². The lowest BCUT2D eigenvalue weighted by Crippen LogP contribution is -1.92. The number of ether oxygens (including phenoxy) is 1. The summed E-state index contributed by atoms with van der Waals surface area (Å²) in [7, 11) is 0. The summed E-state index contributed by atoms with van der Waals surface area (Å²) in [6.45, 7) is 16.1. The second kappa shape index (κ2) is 6.01. The van der Waals surface area contributed by atoms with E-state index in [1.165, 1.54) is 0 Å². The molecular formula is C20H22O. The van der Waals surface area contributed by atoms with E-state index in [0.717, 1.165) is 44.9 Å². The molecular weight excluding hydrogens is 256 g/mol. The van der Waals surface area contributed by atoms with Crippen molar-refractivity contribution in [2.24, 2.45) is 0 Å². The molecule has 0 aliphatic carbocycles. The van der Waals surface area contributed by atoms with Crippen LogP contribution in [0.1, 0.15) is 36.1 Å². The highest BCUT2D eigenvalue weighted by Gasteiger charge is 2.06. The first-order chi connectivity index (χ1) is 9.88. The molecule has 0 fully saturated rings. The van der Waals surface area contributed by atoms with E-state index < -0.39 is 0 Å². The zero-order chi connectivity index (χ0) is 15.6. The maximum atomic E-state index is 6.05.